The third-order valence-corrected chi connectivity index (χ3v) is 4.80. The van der Waals surface area contributed by atoms with Crippen molar-refractivity contribution in [2.24, 2.45) is 5.92 Å². The first-order valence-corrected chi connectivity index (χ1v) is 8.85. The lowest BCUT2D eigenvalue weighted by Gasteiger charge is -2.12. The van der Waals surface area contributed by atoms with Crippen LogP contribution < -0.4 is 5.32 Å². The van der Waals surface area contributed by atoms with Gasteiger partial charge in [0.15, 0.2) is 0 Å². The Morgan fingerprint density at radius 3 is 2.62 bits per heavy atom. The number of rotatable bonds is 7. The van der Waals surface area contributed by atoms with Gasteiger partial charge < -0.3 is 9.73 Å². The molecule has 1 aromatic heterocycles. The number of furan rings is 1. The number of aryl methyl sites for hydroxylation is 1. The number of hydrogen-bond donors (Lipinski definition) is 1. The van der Waals surface area contributed by atoms with Crippen LogP contribution in [0.25, 0.3) is 0 Å². The molecule has 140 valence electrons. The van der Waals surface area contributed by atoms with E-state index in [-0.39, 0.29) is 30.9 Å². The zero-order valence-electron chi connectivity index (χ0n) is 14.6. The highest BCUT2D eigenvalue weighted by molar-refractivity contribution is 5.76. The molecule has 26 heavy (non-hydrogen) atoms. The van der Waals surface area contributed by atoms with Crippen LogP contribution >= 0.6 is 0 Å². The third kappa shape index (κ3) is 4.68. The minimum absolute atomic E-state index is 0.145. The summed E-state index contributed by atoms with van der Waals surface area (Å²) >= 11 is 0. The molecule has 0 spiro atoms. The normalized spacial score (nSPS) is 19.4. The number of hydrogen-bond acceptors (Lipinski definition) is 2. The van der Waals surface area contributed by atoms with Gasteiger partial charge in [0.05, 0.1) is 5.56 Å². The Hall–Kier alpha value is -2.24. The Balaban J connectivity index is 1.43. The summed E-state index contributed by atoms with van der Waals surface area (Å²) in [5, 5.41) is 2.68. The summed E-state index contributed by atoms with van der Waals surface area (Å²) in [5.74, 6) is 2.74. The quantitative estimate of drug-likeness (QED) is 0.772. The summed E-state index contributed by atoms with van der Waals surface area (Å²) in [6.45, 7) is 2.35. The zero-order valence-corrected chi connectivity index (χ0v) is 14.6. The largest absolute Gasteiger partial charge is 0.466 e. The molecule has 2 unspecified atom stereocenters. The van der Waals surface area contributed by atoms with Crippen molar-refractivity contribution in [1.82, 2.24) is 5.32 Å². The molecule has 1 saturated carbocycles. The van der Waals surface area contributed by atoms with Gasteiger partial charge in [0.25, 0.3) is 0 Å². The van der Waals surface area contributed by atoms with E-state index in [0.29, 0.717) is 18.3 Å². The van der Waals surface area contributed by atoms with Crippen molar-refractivity contribution in [3.8, 4) is 0 Å². The molecule has 1 N–H and O–H groups in total. The van der Waals surface area contributed by atoms with Gasteiger partial charge in [-0.15, -0.1) is 0 Å². The molecule has 6 heteroatoms. The maximum atomic E-state index is 12.9. The smallest absolute Gasteiger partial charge is 0.416 e. The minimum Gasteiger partial charge on any atom is -0.466 e. The lowest BCUT2D eigenvalue weighted by molar-refractivity contribution is -0.138. The van der Waals surface area contributed by atoms with Gasteiger partial charge in [-0.3, -0.25) is 4.79 Å². The predicted molar refractivity (Wildman–Crippen MR) is 91.7 cm³/mol. The molecule has 3 nitrogen and oxygen atoms in total. The first kappa shape index (κ1) is 18.5. The molecule has 1 aliphatic rings. The number of amides is 1. The summed E-state index contributed by atoms with van der Waals surface area (Å²) < 4.78 is 44.5. The van der Waals surface area contributed by atoms with Crippen molar-refractivity contribution >= 4 is 5.91 Å². The number of alkyl halides is 3. The Labute approximate surface area is 150 Å². The molecule has 2 aromatic rings. The molecule has 1 heterocycles. The van der Waals surface area contributed by atoms with Crippen LogP contribution in [0.1, 0.15) is 48.3 Å². The van der Waals surface area contributed by atoms with Crippen molar-refractivity contribution in [3.05, 3.63) is 59.0 Å². The Morgan fingerprint density at radius 2 is 1.92 bits per heavy atom. The predicted octanol–water partition coefficient (Wildman–Crippen LogP) is 4.71. The fourth-order valence-electron chi connectivity index (χ4n) is 3.12. The molecule has 2 atom stereocenters. The summed E-state index contributed by atoms with van der Waals surface area (Å²) in [5.41, 5.74) is -0.457. The number of halogens is 3. The molecule has 0 aliphatic heterocycles. The average Bonchev–Trinajstić information content (AvgIpc) is 3.13. The topological polar surface area (TPSA) is 42.2 Å². The third-order valence-electron chi connectivity index (χ3n) is 4.80. The van der Waals surface area contributed by atoms with E-state index in [9.17, 15) is 18.0 Å². The van der Waals surface area contributed by atoms with Crippen molar-refractivity contribution < 1.29 is 22.4 Å². The van der Waals surface area contributed by atoms with Gasteiger partial charge in [-0.05, 0) is 42.5 Å². The summed E-state index contributed by atoms with van der Waals surface area (Å²) in [6.07, 6.45) is -2.34. The second-order valence-corrected chi connectivity index (χ2v) is 6.88. The Bertz CT molecular complexity index is 766. The molecule has 0 radical (unpaired) electrons. The maximum absolute atomic E-state index is 12.9. The number of benzene rings is 1. The molecule has 0 saturated heterocycles. The summed E-state index contributed by atoms with van der Waals surface area (Å²) in [6, 6.07) is 9.31. The van der Waals surface area contributed by atoms with Crippen molar-refractivity contribution in [1.29, 1.82) is 0 Å². The van der Waals surface area contributed by atoms with E-state index in [1.54, 1.807) is 6.07 Å². The second-order valence-electron chi connectivity index (χ2n) is 6.88. The fourth-order valence-corrected chi connectivity index (χ4v) is 3.12. The van der Waals surface area contributed by atoms with E-state index in [0.717, 1.165) is 24.0 Å². The first-order valence-electron chi connectivity index (χ1n) is 8.85. The van der Waals surface area contributed by atoms with E-state index in [1.807, 2.05) is 12.1 Å². The number of nitrogens with one attached hydrogen (secondary N) is 1. The zero-order chi connectivity index (χ0) is 18.7. The van der Waals surface area contributed by atoms with Gasteiger partial charge in [0.1, 0.15) is 11.5 Å². The van der Waals surface area contributed by atoms with Gasteiger partial charge in [-0.25, -0.2) is 0 Å². The SMILES string of the molecule is CC1CC1c1ccc(CCC(=O)NCCc2ccccc2C(F)(F)F)o1. The van der Waals surface area contributed by atoms with Gasteiger partial charge in [0.2, 0.25) is 5.91 Å². The lowest BCUT2D eigenvalue weighted by Crippen LogP contribution is -2.26. The molecule has 1 aliphatic carbocycles. The average molecular weight is 365 g/mol. The monoisotopic (exact) mass is 365 g/mol. The summed E-state index contributed by atoms with van der Waals surface area (Å²) in [4.78, 5) is 11.9. The highest BCUT2D eigenvalue weighted by atomic mass is 19.4. The number of carbonyl (C=O) groups excluding carboxylic acids is 1. The van der Waals surface area contributed by atoms with Crippen molar-refractivity contribution in [2.75, 3.05) is 6.54 Å². The molecular weight excluding hydrogens is 343 g/mol. The maximum Gasteiger partial charge on any atom is 0.416 e. The Morgan fingerprint density at radius 1 is 1.19 bits per heavy atom. The van der Waals surface area contributed by atoms with E-state index in [4.69, 9.17) is 4.42 Å². The molecular formula is C20H22F3NO2. The Kier molecular flexibility index (Phi) is 5.39. The van der Waals surface area contributed by atoms with E-state index >= 15 is 0 Å². The highest BCUT2D eigenvalue weighted by Gasteiger charge is 2.36. The molecule has 0 bridgehead atoms. The standard InChI is InChI=1S/C20H22F3NO2/c1-13-12-16(13)18-8-6-15(26-18)7-9-19(25)24-11-10-14-4-2-3-5-17(14)20(21,22)23/h2-6,8,13,16H,7,9-12H2,1H3,(H,24,25). The second kappa shape index (κ2) is 7.56. The van der Waals surface area contributed by atoms with Gasteiger partial charge in [-0.1, -0.05) is 25.1 Å². The van der Waals surface area contributed by atoms with Gasteiger partial charge in [0, 0.05) is 25.3 Å². The molecule has 1 fully saturated rings. The van der Waals surface area contributed by atoms with Crippen LogP contribution in [0.4, 0.5) is 13.2 Å². The first-order chi connectivity index (χ1) is 12.3. The van der Waals surface area contributed by atoms with Crippen LogP contribution in [0.15, 0.2) is 40.8 Å². The van der Waals surface area contributed by atoms with Gasteiger partial charge >= 0.3 is 6.18 Å². The minimum atomic E-state index is -4.38. The lowest BCUT2D eigenvalue weighted by atomic mass is 10.0. The van der Waals surface area contributed by atoms with Crippen molar-refractivity contribution in [3.63, 3.8) is 0 Å². The van der Waals surface area contributed by atoms with Crippen LogP contribution in [-0.4, -0.2) is 12.5 Å². The fraction of sp³-hybridized carbons (Fsp3) is 0.450. The van der Waals surface area contributed by atoms with Gasteiger partial charge in [-0.2, -0.15) is 13.2 Å². The van der Waals surface area contributed by atoms with Crippen molar-refractivity contribution in [2.45, 2.75) is 44.7 Å². The summed E-state index contributed by atoms with van der Waals surface area (Å²) in [7, 11) is 0. The molecule has 1 aromatic carbocycles. The molecule has 3 rings (SSSR count). The van der Waals surface area contributed by atoms with Crippen LogP contribution in [0.3, 0.4) is 0 Å². The van der Waals surface area contributed by atoms with E-state index in [2.05, 4.69) is 12.2 Å². The highest BCUT2D eigenvalue weighted by Crippen LogP contribution is 2.47. The van der Waals surface area contributed by atoms with Crippen LogP contribution in [0, 0.1) is 5.92 Å². The van der Waals surface area contributed by atoms with Crippen LogP contribution in [-0.2, 0) is 23.8 Å². The molecule has 1 amide bonds. The van der Waals surface area contributed by atoms with Crippen LogP contribution in [0.2, 0.25) is 0 Å². The van der Waals surface area contributed by atoms with E-state index < -0.39 is 11.7 Å². The van der Waals surface area contributed by atoms with E-state index in [1.165, 1.54) is 12.1 Å². The van der Waals surface area contributed by atoms with Crippen LogP contribution in [0.5, 0.6) is 0 Å². The number of carbonyl (C=O) groups is 1.